The summed E-state index contributed by atoms with van der Waals surface area (Å²) in [6, 6.07) is 10.5. The average molecular weight is 333 g/mol. The van der Waals surface area contributed by atoms with Gasteiger partial charge in [0.1, 0.15) is 11.5 Å². The van der Waals surface area contributed by atoms with Crippen LogP contribution in [0, 0.1) is 6.92 Å². The Labute approximate surface area is 145 Å². The van der Waals surface area contributed by atoms with Crippen molar-refractivity contribution in [3.63, 3.8) is 0 Å². The van der Waals surface area contributed by atoms with E-state index in [4.69, 9.17) is 0 Å². The van der Waals surface area contributed by atoms with E-state index in [1.165, 1.54) is 5.56 Å². The van der Waals surface area contributed by atoms with Gasteiger partial charge in [0.05, 0.1) is 12.2 Å². The van der Waals surface area contributed by atoms with Crippen molar-refractivity contribution in [1.82, 2.24) is 34.5 Å². The quantitative estimate of drug-likeness (QED) is 0.588. The SMILES string of the molecule is Cc1nccn1CC[C@@H](c1ccccc1)n1cc(-c2ncc[nH]2)nn1. The topological polar surface area (TPSA) is 77.2 Å². The first-order valence-corrected chi connectivity index (χ1v) is 8.25. The van der Waals surface area contributed by atoms with Gasteiger partial charge in [-0.15, -0.1) is 5.10 Å². The second kappa shape index (κ2) is 6.72. The zero-order valence-corrected chi connectivity index (χ0v) is 13.9. The molecule has 0 radical (unpaired) electrons. The fourth-order valence-electron chi connectivity index (χ4n) is 2.97. The lowest BCUT2D eigenvalue weighted by Gasteiger charge is -2.18. The lowest BCUT2D eigenvalue weighted by Crippen LogP contribution is -2.14. The highest BCUT2D eigenvalue weighted by Gasteiger charge is 2.17. The first kappa shape index (κ1) is 15.3. The Balaban J connectivity index is 1.62. The first-order chi connectivity index (χ1) is 12.3. The molecule has 0 fully saturated rings. The van der Waals surface area contributed by atoms with Crippen molar-refractivity contribution in [3.05, 3.63) is 72.7 Å². The van der Waals surface area contributed by atoms with Crippen molar-refractivity contribution in [3.8, 4) is 11.5 Å². The summed E-state index contributed by atoms with van der Waals surface area (Å²) in [6.07, 6.45) is 10.2. The fraction of sp³-hybridized carbons (Fsp3) is 0.222. The van der Waals surface area contributed by atoms with Crippen molar-refractivity contribution < 1.29 is 0 Å². The molecule has 0 aliphatic carbocycles. The molecule has 0 aliphatic heterocycles. The fourth-order valence-corrected chi connectivity index (χ4v) is 2.97. The van der Waals surface area contributed by atoms with Crippen LogP contribution < -0.4 is 0 Å². The molecule has 1 atom stereocenters. The number of aromatic amines is 1. The molecule has 0 bridgehead atoms. The maximum atomic E-state index is 4.35. The molecule has 7 nitrogen and oxygen atoms in total. The zero-order chi connectivity index (χ0) is 17.1. The van der Waals surface area contributed by atoms with Crippen LogP contribution in [0.1, 0.15) is 23.9 Å². The number of aromatic nitrogens is 7. The smallest absolute Gasteiger partial charge is 0.159 e. The lowest BCUT2D eigenvalue weighted by atomic mass is 10.0. The van der Waals surface area contributed by atoms with E-state index in [-0.39, 0.29) is 6.04 Å². The van der Waals surface area contributed by atoms with Gasteiger partial charge in [-0.2, -0.15) is 0 Å². The van der Waals surface area contributed by atoms with Gasteiger partial charge in [-0.25, -0.2) is 14.6 Å². The Hall–Kier alpha value is -3.22. The summed E-state index contributed by atoms with van der Waals surface area (Å²) in [5.41, 5.74) is 1.95. The Morgan fingerprint density at radius 2 is 2.00 bits per heavy atom. The molecule has 126 valence electrons. The number of nitrogens with zero attached hydrogens (tertiary/aromatic N) is 6. The summed E-state index contributed by atoms with van der Waals surface area (Å²) in [7, 11) is 0. The second-order valence-corrected chi connectivity index (χ2v) is 5.90. The van der Waals surface area contributed by atoms with Gasteiger partial charge in [-0.05, 0) is 18.9 Å². The van der Waals surface area contributed by atoms with Crippen LogP contribution in [0.25, 0.3) is 11.5 Å². The van der Waals surface area contributed by atoms with E-state index in [9.17, 15) is 0 Å². The van der Waals surface area contributed by atoms with E-state index >= 15 is 0 Å². The molecule has 3 aromatic heterocycles. The summed E-state index contributed by atoms with van der Waals surface area (Å²) in [5, 5.41) is 8.62. The molecule has 4 aromatic rings. The van der Waals surface area contributed by atoms with Crippen LogP contribution in [-0.2, 0) is 6.54 Å². The van der Waals surface area contributed by atoms with E-state index in [0.29, 0.717) is 0 Å². The molecule has 0 saturated heterocycles. The molecule has 0 unspecified atom stereocenters. The number of nitrogens with one attached hydrogen (secondary N) is 1. The van der Waals surface area contributed by atoms with Gasteiger partial charge < -0.3 is 9.55 Å². The molecule has 0 spiro atoms. The average Bonchev–Trinajstić information content (AvgIpc) is 3.38. The summed E-state index contributed by atoms with van der Waals surface area (Å²) in [6.45, 7) is 2.88. The standard InChI is InChI=1S/C18H19N7/c1-14-19-10-12-24(14)11-7-17(15-5-3-2-4-6-15)25-13-16(22-23-25)18-20-8-9-21-18/h2-6,8-10,12-13,17H,7,11H2,1H3,(H,20,21)/t17-/m0/s1. The number of rotatable bonds is 6. The van der Waals surface area contributed by atoms with E-state index in [0.717, 1.165) is 30.3 Å². The molecule has 3 heterocycles. The maximum Gasteiger partial charge on any atom is 0.159 e. The van der Waals surface area contributed by atoms with Crippen molar-refractivity contribution in [2.45, 2.75) is 25.9 Å². The van der Waals surface area contributed by atoms with Gasteiger partial charge in [0.2, 0.25) is 0 Å². The number of hydrogen-bond donors (Lipinski definition) is 1. The third-order valence-corrected chi connectivity index (χ3v) is 4.32. The van der Waals surface area contributed by atoms with Crippen LogP contribution in [0.15, 0.2) is 61.3 Å². The monoisotopic (exact) mass is 333 g/mol. The largest absolute Gasteiger partial charge is 0.343 e. The number of H-pyrrole nitrogens is 1. The zero-order valence-electron chi connectivity index (χ0n) is 13.9. The van der Waals surface area contributed by atoms with Gasteiger partial charge in [-0.1, -0.05) is 35.5 Å². The molecule has 0 saturated carbocycles. The Morgan fingerprint density at radius 1 is 1.12 bits per heavy atom. The third-order valence-electron chi connectivity index (χ3n) is 4.32. The van der Waals surface area contributed by atoms with Gasteiger partial charge in [0, 0.05) is 31.3 Å². The van der Waals surface area contributed by atoms with Crippen LogP contribution in [-0.4, -0.2) is 34.5 Å². The van der Waals surface area contributed by atoms with Crippen LogP contribution >= 0.6 is 0 Å². The summed E-state index contributed by atoms with van der Waals surface area (Å²) in [5.74, 6) is 1.74. The van der Waals surface area contributed by atoms with Crippen molar-refractivity contribution >= 4 is 0 Å². The minimum Gasteiger partial charge on any atom is -0.343 e. The molecule has 1 aromatic carbocycles. The van der Waals surface area contributed by atoms with Gasteiger partial charge >= 0.3 is 0 Å². The van der Waals surface area contributed by atoms with Gasteiger partial charge in [0.25, 0.3) is 0 Å². The minimum atomic E-state index is 0.0965. The van der Waals surface area contributed by atoms with Crippen LogP contribution in [0.4, 0.5) is 0 Å². The molecule has 4 rings (SSSR count). The normalized spacial score (nSPS) is 12.4. The summed E-state index contributed by atoms with van der Waals surface area (Å²) >= 11 is 0. The van der Waals surface area contributed by atoms with Crippen LogP contribution in [0.3, 0.4) is 0 Å². The highest BCUT2D eigenvalue weighted by molar-refractivity contribution is 5.46. The lowest BCUT2D eigenvalue weighted by molar-refractivity contribution is 0.442. The van der Waals surface area contributed by atoms with Gasteiger partial charge in [0.15, 0.2) is 5.82 Å². The molecule has 0 aliphatic rings. The number of imidazole rings is 2. The molecule has 1 N–H and O–H groups in total. The highest BCUT2D eigenvalue weighted by Crippen LogP contribution is 2.23. The molecular weight excluding hydrogens is 314 g/mol. The van der Waals surface area contributed by atoms with E-state index in [1.807, 2.05) is 36.3 Å². The van der Waals surface area contributed by atoms with E-state index in [2.05, 4.69) is 54.1 Å². The highest BCUT2D eigenvalue weighted by atomic mass is 15.4. The predicted molar refractivity (Wildman–Crippen MR) is 93.8 cm³/mol. The van der Waals surface area contributed by atoms with E-state index in [1.54, 1.807) is 12.4 Å². The van der Waals surface area contributed by atoms with Crippen molar-refractivity contribution in [2.24, 2.45) is 0 Å². The summed E-state index contributed by atoms with van der Waals surface area (Å²) < 4.78 is 4.07. The number of benzene rings is 1. The minimum absolute atomic E-state index is 0.0965. The molecule has 0 amide bonds. The Kier molecular flexibility index (Phi) is 4.12. The molecular formula is C18H19N7. The molecule has 25 heavy (non-hydrogen) atoms. The third kappa shape index (κ3) is 3.21. The first-order valence-electron chi connectivity index (χ1n) is 8.25. The van der Waals surface area contributed by atoms with E-state index < -0.39 is 0 Å². The summed E-state index contributed by atoms with van der Waals surface area (Å²) in [4.78, 5) is 11.6. The van der Waals surface area contributed by atoms with Gasteiger partial charge in [-0.3, -0.25) is 0 Å². The van der Waals surface area contributed by atoms with Crippen molar-refractivity contribution in [2.75, 3.05) is 0 Å². The number of hydrogen-bond acceptors (Lipinski definition) is 4. The Bertz CT molecular complexity index is 921. The molecule has 7 heteroatoms. The van der Waals surface area contributed by atoms with Crippen LogP contribution in [0.5, 0.6) is 0 Å². The Morgan fingerprint density at radius 3 is 2.72 bits per heavy atom. The predicted octanol–water partition coefficient (Wildman–Crippen LogP) is 2.85. The maximum absolute atomic E-state index is 4.35. The second-order valence-electron chi connectivity index (χ2n) is 5.90. The van der Waals surface area contributed by atoms with Crippen LogP contribution in [0.2, 0.25) is 0 Å². The number of aryl methyl sites for hydroxylation is 2. The van der Waals surface area contributed by atoms with Crippen molar-refractivity contribution in [1.29, 1.82) is 0 Å².